The monoisotopic (exact) mass is 244 g/mol. The van der Waals surface area contributed by atoms with Gasteiger partial charge in [-0.2, -0.15) is 0 Å². The molecule has 1 aromatic carbocycles. The van der Waals surface area contributed by atoms with Crippen LogP contribution in [0.1, 0.15) is 18.4 Å². The Morgan fingerprint density at radius 3 is 2.92 bits per heavy atom. The zero-order valence-corrected chi connectivity index (χ0v) is 8.68. The number of rotatable bonds is 4. The zero-order valence-electron chi connectivity index (χ0n) is 7.09. The van der Waals surface area contributed by atoms with Crippen LogP contribution in [0.3, 0.4) is 0 Å². The molecule has 0 aliphatic rings. The lowest BCUT2D eigenvalue weighted by Crippen LogP contribution is -1.90. The van der Waals surface area contributed by atoms with Gasteiger partial charge in [0.2, 0.25) is 0 Å². The largest absolute Gasteiger partial charge is 0.303 e. The van der Waals surface area contributed by atoms with Crippen molar-refractivity contribution >= 4 is 22.2 Å². The third kappa shape index (κ3) is 2.92. The summed E-state index contributed by atoms with van der Waals surface area (Å²) < 4.78 is 13.5. The van der Waals surface area contributed by atoms with E-state index in [9.17, 15) is 9.18 Å². The van der Waals surface area contributed by atoms with Crippen LogP contribution in [0.2, 0.25) is 0 Å². The number of aryl methyl sites for hydroxylation is 1. The summed E-state index contributed by atoms with van der Waals surface area (Å²) in [5.74, 6) is -0.247. The fraction of sp³-hybridized carbons (Fsp3) is 0.300. The summed E-state index contributed by atoms with van der Waals surface area (Å²) in [6.45, 7) is 0. The molecule has 1 rings (SSSR count). The minimum absolute atomic E-state index is 0.247. The standard InChI is InChI=1S/C10H10BrFO/c11-10-8(4-1-2-7-13)5-3-6-9(10)12/h3,5-7H,1-2,4H2. The van der Waals surface area contributed by atoms with Crippen LogP contribution in [-0.2, 0) is 11.2 Å². The predicted molar refractivity (Wildman–Crippen MR) is 53.1 cm³/mol. The lowest BCUT2D eigenvalue weighted by molar-refractivity contribution is -0.107. The molecule has 0 spiro atoms. The second kappa shape index (κ2) is 5.12. The van der Waals surface area contributed by atoms with Crippen molar-refractivity contribution in [3.63, 3.8) is 0 Å². The zero-order chi connectivity index (χ0) is 9.68. The minimum Gasteiger partial charge on any atom is -0.303 e. The molecule has 0 radical (unpaired) electrons. The average Bonchev–Trinajstić information content (AvgIpc) is 2.13. The second-order valence-electron chi connectivity index (χ2n) is 2.77. The molecule has 0 saturated carbocycles. The Morgan fingerprint density at radius 2 is 2.23 bits per heavy atom. The highest BCUT2D eigenvalue weighted by molar-refractivity contribution is 9.10. The van der Waals surface area contributed by atoms with Crippen LogP contribution >= 0.6 is 15.9 Å². The van der Waals surface area contributed by atoms with Gasteiger partial charge in [0.1, 0.15) is 12.1 Å². The molecule has 13 heavy (non-hydrogen) atoms. The molecule has 3 heteroatoms. The van der Waals surface area contributed by atoms with Gasteiger partial charge in [-0.05, 0) is 40.4 Å². The minimum atomic E-state index is -0.247. The molecule has 0 aromatic heterocycles. The Labute approximate surface area is 85.1 Å². The summed E-state index contributed by atoms with van der Waals surface area (Å²) in [7, 11) is 0. The van der Waals surface area contributed by atoms with Crippen molar-refractivity contribution in [2.75, 3.05) is 0 Å². The first-order chi connectivity index (χ1) is 6.25. The van der Waals surface area contributed by atoms with E-state index in [1.165, 1.54) is 6.07 Å². The van der Waals surface area contributed by atoms with Crippen molar-refractivity contribution in [2.45, 2.75) is 19.3 Å². The fourth-order valence-electron chi connectivity index (χ4n) is 1.12. The maximum absolute atomic E-state index is 13.0. The number of benzene rings is 1. The van der Waals surface area contributed by atoms with E-state index in [0.29, 0.717) is 10.9 Å². The Morgan fingerprint density at radius 1 is 1.46 bits per heavy atom. The van der Waals surface area contributed by atoms with Gasteiger partial charge in [-0.3, -0.25) is 0 Å². The van der Waals surface area contributed by atoms with E-state index < -0.39 is 0 Å². The predicted octanol–water partition coefficient (Wildman–Crippen LogP) is 3.11. The first-order valence-electron chi connectivity index (χ1n) is 4.12. The summed E-state index contributed by atoms with van der Waals surface area (Å²) in [6.07, 6.45) is 2.92. The molecular weight excluding hydrogens is 235 g/mol. The molecule has 1 nitrogen and oxygen atoms in total. The molecule has 0 bridgehead atoms. The molecule has 0 atom stereocenters. The summed E-state index contributed by atoms with van der Waals surface area (Å²) in [6, 6.07) is 4.95. The van der Waals surface area contributed by atoms with Crippen molar-refractivity contribution in [3.8, 4) is 0 Å². The maximum Gasteiger partial charge on any atom is 0.137 e. The van der Waals surface area contributed by atoms with Crippen molar-refractivity contribution < 1.29 is 9.18 Å². The number of halogens is 2. The maximum atomic E-state index is 13.0. The van der Waals surface area contributed by atoms with Gasteiger partial charge >= 0.3 is 0 Å². The Bertz CT molecular complexity index is 299. The molecule has 0 unspecified atom stereocenters. The third-order valence-electron chi connectivity index (χ3n) is 1.80. The highest BCUT2D eigenvalue weighted by Gasteiger charge is 2.03. The lowest BCUT2D eigenvalue weighted by atomic mass is 10.1. The Balaban J connectivity index is 2.65. The van der Waals surface area contributed by atoms with Crippen molar-refractivity contribution in [1.82, 2.24) is 0 Å². The van der Waals surface area contributed by atoms with E-state index in [2.05, 4.69) is 15.9 Å². The molecule has 70 valence electrons. The van der Waals surface area contributed by atoms with E-state index >= 15 is 0 Å². The number of hydrogen-bond acceptors (Lipinski definition) is 1. The summed E-state index contributed by atoms with van der Waals surface area (Å²) >= 11 is 3.17. The highest BCUT2D eigenvalue weighted by atomic mass is 79.9. The SMILES string of the molecule is O=CCCCc1cccc(F)c1Br. The number of hydrogen-bond donors (Lipinski definition) is 0. The van der Waals surface area contributed by atoms with E-state index in [1.807, 2.05) is 6.07 Å². The molecule has 0 aliphatic heterocycles. The molecule has 0 fully saturated rings. The van der Waals surface area contributed by atoms with Gasteiger partial charge in [0.25, 0.3) is 0 Å². The molecule has 1 aromatic rings. The topological polar surface area (TPSA) is 17.1 Å². The molecule has 0 heterocycles. The van der Waals surface area contributed by atoms with Crippen LogP contribution in [0, 0.1) is 5.82 Å². The first-order valence-corrected chi connectivity index (χ1v) is 4.91. The third-order valence-corrected chi connectivity index (χ3v) is 2.69. The normalized spacial score (nSPS) is 10.0. The molecular formula is C10H10BrFO. The van der Waals surface area contributed by atoms with Crippen LogP contribution in [0.4, 0.5) is 4.39 Å². The average molecular weight is 245 g/mol. The number of carbonyl (C=O) groups is 1. The van der Waals surface area contributed by atoms with Gasteiger partial charge in [-0.25, -0.2) is 4.39 Å². The summed E-state index contributed by atoms with van der Waals surface area (Å²) in [5.41, 5.74) is 0.918. The van der Waals surface area contributed by atoms with Crippen LogP contribution in [0.25, 0.3) is 0 Å². The van der Waals surface area contributed by atoms with Gasteiger partial charge in [-0.15, -0.1) is 0 Å². The number of carbonyl (C=O) groups excluding carboxylic acids is 1. The first kappa shape index (κ1) is 10.4. The molecule has 0 saturated heterocycles. The molecule has 0 N–H and O–H groups in total. The fourth-order valence-corrected chi connectivity index (χ4v) is 1.58. The number of unbranched alkanes of at least 4 members (excludes halogenated alkanes) is 1. The Hall–Kier alpha value is -0.700. The van der Waals surface area contributed by atoms with Gasteiger partial charge in [0, 0.05) is 6.42 Å². The van der Waals surface area contributed by atoms with Gasteiger partial charge in [-0.1, -0.05) is 12.1 Å². The highest BCUT2D eigenvalue weighted by Crippen LogP contribution is 2.21. The van der Waals surface area contributed by atoms with Crippen molar-refractivity contribution in [3.05, 3.63) is 34.1 Å². The summed E-state index contributed by atoms with van der Waals surface area (Å²) in [5, 5.41) is 0. The van der Waals surface area contributed by atoms with Gasteiger partial charge in [0.15, 0.2) is 0 Å². The van der Waals surface area contributed by atoms with E-state index in [-0.39, 0.29) is 5.82 Å². The summed E-state index contributed by atoms with van der Waals surface area (Å²) in [4.78, 5) is 10.1. The van der Waals surface area contributed by atoms with Crippen LogP contribution in [-0.4, -0.2) is 6.29 Å². The van der Waals surface area contributed by atoms with Gasteiger partial charge in [0.05, 0.1) is 4.47 Å². The smallest absolute Gasteiger partial charge is 0.137 e. The van der Waals surface area contributed by atoms with Crippen LogP contribution in [0.15, 0.2) is 22.7 Å². The van der Waals surface area contributed by atoms with E-state index in [0.717, 1.165) is 24.7 Å². The van der Waals surface area contributed by atoms with Crippen LogP contribution in [0.5, 0.6) is 0 Å². The molecule has 0 amide bonds. The van der Waals surface area contributed by atoms with E-state index in [4.69, 9.17) is 0 Å². The van der Waals surface area contributed by atoms with Gasteiger partial charge < -0.3 is 4.79 Å². The Kier molecular flexibility index (Phi) is 4.09. The van der Waals surface area contributed by atoms with Crippen molar-refractivity contribution in [2.24, 2.45) is 0 Å². The van der Waals surface area contributed by atoms with E-state index in [1.54, 1.807) is 6.07 Å². The second-order valence-corrected chi connectivity index (χ2v) is 3.56. The quantitative estimate of drug-likeness (QED) is 0.588. The number of aldehydes is 1. The van der Waals surface area contributed by atoms with Crippen molar-refractivity contribution in [1.29, 1.82) is 0 Å². The molecule has 0 aliphatic carbocycles. The van der Waals surface area contributed by atoms with Crippen LogP contribution < -0.4 is 0 Å². The lowest BCUT2D eigenvalue weighted by Gasteiger charge is -2.02.